The fourth-order valence-electron chi connectivity index (χ4n) is 1.31. The Morgan fingerprint density at radius 1 is 1.47 bits per heavy atom. The summed E-state index contributed by atoms with van der Waals surface area (Å²) in [5, 5.41) is 0.134. The summed E-state index contributed by atoms with van der Waals surface area (Å²) in [5.74, 6) is 0. The monoisotopic (exact) mass is 231 g/mol. The van der Waals surface area contributed by atoms with E-state index in [0.717, 1.165) is 0 Å². The predicted molar refractivity (Wildman–Crippen MR) is 57.9 cm³/mol. The summed E-state index contributed by atoms with van der Waals surface area (Å²) in [6.07, 6.45) is 2.67. The van der Waals surface area contributed by atoms with E-state index in [4.69, 9.17) is 0 Å². The molecular formula is C9H17N3O2S. The number of H-pyrrole nitrogens is 1. The zero-order valence-electron chi connectivity index (χ0n) is 9.48. The van der Waals surface area contributed by atoms with E-state index >= 15 is 0 Å². The van der Waals surface area contributed by atoms with Crippen molar-refractivity contribution in [2.24, 2.45) is 5.41 Å². The molecule has 1 rings (SSSR count). The minimum Gasteiger partial charge on any atom is -0.335 e. The molecule has 0 bridgehead atoms. The number of sulfonamides is 1. The zero-order chi connectivity index (χ0) is 11.7. The minimum absolute atomic E-state index is 0.0676. The average Bonchev–Trinajstić information content (AvgIpc) is 2.52. The Kier molecular flexibility index (Phi) is 3.20. The highest BCUT2D eigenvalue weighted by Crippen LogP contribution is 2.19. The predicted octanol–water partition coefficient (Wildman–Crippen LogP) is 1.08. The molecule has 0 atom stereocenters. The van der Waals surface area contributed by atoms with Gasteiger partial charge in [0.2, 0.25) is 0 Å². The second-order valence-electron chi connectivity index (χ2n) is 4.74. The quantitative estimate of drug-likeness (QED) is 0.846. The maximum Gasteiger partial charge on any atom is 0.259 e. The van der Waals surface area contributed by atoms with Crippen molar-refractivity contribution in [1.29, 1.82) is 0 Å². The number of aromatic amines is 1. The van der Waals surface area contributed by atoms with Crippen molar-refractivity contribution in [2.75, 3.05) is 13.6 Å². The topological polar surface area (TPSA) is 66.1 Å². The number of rotatable bonds is 3. The van der Waals surface area contributed by atoms with Gasteiger partial charge in [-0.05, 0) is 5.41 Å². The molecule has 0 spiro atoms. The maximum atomic E-state index is 11.9. The number of hydrogen-bond donors (Lipinski definition) is 1. The fraction of sp³-hybridized carbons (Fsp3) is 0.667. The summed E-state index contributed by atoms with van der Waals surface area (Å²) in [6.45, 7) is 6.44. The van der Waals surface area contributed by atoms with Gasteiger partial charge in [0.05, 0.1) is 12.5 Å². The summed E-state index contributed by atoms with van der Waals surface area (Å²) >= 11 is 0. The highest BCUT2D eigenvalue weighted by atomic mass is 32.2. The third kappa shape index (κ3) is 3.04. The Balaban J connectivity index is 2.89. The Morgan fingerprint density at radius 3 is 2.47 bits per heavy atom. The minimum atomic E-state index is -3.41. The molecule has 1 aromatic heterocycles. The first-order valence-corrected chi connectivity index (χ1v) is 6.12. The molecule has 0 unspecified atom stereocenters. The molecule has 15 heavy (non-hydrogen) atoms. The van der Waals surface area contributed by atoms with Gasteiger partial charge in [0.1, 0.15) is 0 Å². The normalized spacial score (nSPS) is 13.4. The van der Waals surface area contributed by atoms with E-state index in [1.165, 1.54) is 16.8 Å². The molecule has 0 amide bonds. The van der Waals surface area contributed by atoms with Gasteiger partial charge < -0.3 is 4.98 Å². The van der Waals surface area contributed by atoms with Crippen LogP contribution in [-0.4, -0.2) is 36.3 Å². The van der Waals surface area contributed by atoms with Gasteiger partial charge in [-0.15, -0.1) is 0 Å². The van der Waals surface area contributed by atoms with Crippen molar-refractivity contribution in [2.45, 2.75) is 25.8 Å². The van der Waals surface area contributed by atoms with Gasteiger partial charge in [-0.1, -0.05) is 20.8 Å². The molecule has 1 N–H and O–H groups in total. The lowest BCUT2D eigenvalue weighted by Crippen LogP contribution is -2.34. The summed E-state index contributed by atoms with van der Waals surface area (Å²) in [6, 6.07) is 0. The van der Waals surface area contributed by atoms with E-state index in [9.17, 15) is 8.42 Å². The first-order valence-electron chi connectivity index (χ1n) is 4.68. The smallest absolute Gasteiger partial charge is 0.259 e. The highest BCUT2D eigenvalue weighted by Gasteiger charge is 2.25. The number of imidazole rings is 1. The Hall–Kier alpha value is -0.880. The number of nitrogens with one attached hydrogen (secondary N) is 1. The molecule has 0 saturated heterocycles. The molecule has 0 aliphatic heterocycles. The van der Waals surface area contributed by atoms with Crippen LogP contribution in [0.25, 0.3) is 0 Å². The van der Waals surface area contributed by atoms with Gasteiger partial charge in [-0.25, -0.2) is 13.4 Å². The van der Waals surface area contributed by atoms with Gasteiger partial charge in [0.15, 0.2) is 5.03 Å². The van der Waals surface area contributed by atoms with E-state index in [2.05, 4.69) is 9.97 Å². The van der Waals surface area contributed by atoms with Crippen LogP contribution in [-0.2, 0) is 10.0 Å². The van der Waals surface area contributed by atoms with Crippen LogP contribution in [0.5, 0.6) is 0 Å². The molecule has 1 aromatic rings. The van der Waals surface area contributed by atoms with Crippen molar-refractivity contribution in [3.8, 4) is 0 Å². The summed E-state index contributed by atoms with van der Waals surface area (Å²) in [5.41, 5.74) is -0.0676. The second-order valence-corrected chi connectivity index (χ2v) is 6.75. The van der Waals surface area contributed by atoms with E-state index in [1.54, 1.807) is 7.05 Å². The molecule has 0 fully saturated rings. The molecule has 0 aliphatic carbocycles. The molecule has 86 valence electrons. The lowest BCUT2D eigenvalue weighted by Gasteiger charge is -2.25. The Morgan fingerprint density at radius 2 is 2.07 bits per heavy atom. The van der Waals surface area contributed by atoms with Gasteiger partial charge in [-0.3, -0.25) is 0 Å². The molecule has 6 heteroatoms. The van der Waals surface area contributed by atoms with Gasteiger partial charge in [0.25, 0.3) is 10.0 Å². The van der Waals surface area contributed by atoms with Crippen LogP contribution in [0.3, 0.4) is 0 Å². The molecule has 0 aromatic carbocycles. The van der Waals surface area contributed by atoms with E-state index < -0.39 is 10.0 Å². The van der Waals surface area contributed by atoms with Crippen LogP contribution in [0.2, 0.25) is 0 Å². The van der Waals surface area contributed by atoms with Gasteiger partial charge >= 0.3 is 0 Å². The average molecular weight is 231 g/mol. The van der Waals surface area contributed by atoms with Crippen LogP contribution in [0.15, 0.2) is 17.6 Å². The first kappa shape index (κ1) is 12.2. The van der Waals surface area contributed by atoms with Crippen molar-refractivity contribution in [3.63, 3.8) is 0 Å². The highest BCUT2D eigenvalue weighted by molar-refractivity contribution is 7.89. The summed E-state index contributed by atoms with van der Waals surface area (Å²) in [7, 11) is -1.84. The number of hydrogen-bond acceptors (Lipinski definition) is 3. The standard InChI is InChI=1S/C9H17N3O2S/c1-9(2,3)6-12(4)15(13,14)8-5-10-7-11-8/h5,7H,6H2,1-4H3,(H,10,11). The largest absolute Gasteiger partial charge is 0.335 e. The third-order valence-corrected chi connectivity index (χ3v) is 3.59. The second kappa shape index (κ2) is 3.94. The van der Waals surface area contributed by atoms with Crippen LogP contribution >= 0.6 is 0 Å². The van der Waals surface area contributed by atoms with Crippen molar-refractivity contribution >= 4 is 10.0 Å². The summed E-state index contributed by atoms with van der Waals surface area (Å²) in [4.78, 5) is 6.31. The SMILES string of the molecule is CN(CC(C)(C)C)S(=O)(=O)c1cnc[nH]1. The molecule has 0 aliphatic rings. The van der Waals surface area contributed by atoms with Crippen LogP contribution in [0.4, 0.5) is 0 Å². The zero-order valence-corrected chi connectivity index (χ0v) is 10.3. The number of aromatic nitrogens is 2. The Labute approximate surface area is 90.6 Å². The van der Waals surface area contributed by atoms with Crippen molar-refractivity contribution in [1.82, 2.24) is 14.3 Å². The molecule has 0 radical (unpaired) electrons. The summed E-state index contributed by atoms with van der Waals surface area (Å²) < 4.78 is 25.2. The van der Waals surface area contributed by atoms with E-state index in [-0.39, 0.29) is 10.4 Å². The molecule has 1 heterocycles. The van der Waals surface area contributed by atoms with Gasteiger partial charge in [0, 0.05) is 13.6 Å². The van der Waals surface area contributed by atoms with Crippen LogP contribution in [0.1, 0.15) is 20.8 Å². The van der Waals surface area contributed by atoms with Gasteiger partial charge in [-0.2, -0.15) is 4.31 Å². The van der Waals surface area contributed by atoms with Crippen LogP contribution in [0, 0.1) is 5.41 Å². The van der Waals surface area contributed by atoms with E-state index in [1.807, 2.05) is 20.8 Å². The van der Waals surface area contributed by atoms with Crippen LogP contribution < -0.4 is 0 Å². The van der Waals surface area contributed by atoms with E-state index in [0.29, 0.717) is 6.54 Å². The Bertz CT molecular complexity index is 403. The lowest BCUT2D eigenvalue weighted by molar-refractivity contribution is 0.310. The van der Waals surface area contributed by atoms with Crippen molar-refractivity contribution < 1.29 is 8.42 Å². The molecule has 5 nitrogen and oxygen atoms in total. The third-order valence-electron chi connectivity index (χ3n) is 1.86. The first-order chi connectivity index (χ1) is 6.73. The number of nitrogens with zero attached hydrogens (tertiary/aromatic N) is 2. The fourth-order valence-corrected chi connectivity index (χ4v) is 2.59. The molecular weight excluding hydrogens is 214 g/mol. The maximum absolute atomic E-state index is 11.9. The van der Waals surface area contributed by atoms with Crippen molar-refractivity contribution in [3.05, 3.63) is 12.5 Å². The lowest BCUT2D eigenvalue weighted by atomic mass is 9.97. The molecule has 0 saturated carbocycles.